The first kappa shape index (κ1) is 24.9. The predicted molar refractivity (Wildman–Crippen MR) is 148 cm³/mol. The van der Waals surface area contributed by atoms with Crippen molar-refractivity contribution < 1.29 is 19.5 Å². The average molecular weight is 530 g/mol. The van der Waals surface area contributed by atoms with Gasteiger partial charge >= 0.3 is 0 Å². The normalized spacial score (nSPS) is 27.5. The number of carbonyl (C=O) groups excluding carboxylic acids is 3. The van der Waals surface area contributed by atoms with Gasteiger partial charge in [0.15, 0.2) is 0 Å². The second-order valence-electron chi connectivity index (χ2n) is 10.4. The largest absolute Gasteiger partial charge is 0.396 e. The van der Waals surface area contributed by atoms with Crippen LogP contribution < -0.4 is 10.6 Å². The highest BCUT2D eigenvalue weighted by Crippen LogP contribution is 2.66. The van der Waals surface area contributed by atoms with Crippen LogP contribution in [0.3, 0.4) is 0 Å². The van der Waals surface area contributed by atoms with E-state index in [1.807, 2.05) is 72.8 Å². The molecule has 0 saturated carbocycles. The SMILES string of the molecule is O=C(Nc1ccc2ccccc2c1)C1N(CCCO)C(=O)[C@@H]2[C@H](C(=O)NCc3ccccc3)[C@@H]3CCC12S3. The van der Waals surface area contributed by atoms with Crippen molar-refractivity contribution in [1.29, 1.82) is 0 Å². The first-order valence-electron chi connectivity index (χ1n) is 13.2. The van der Waals surface area contributed by atoms with Crippen LogP contribution in [0.4, 0.5) is 5.69 Å². The summed E-state index contributed by atoms with van der Waals surface area (Å²) in [4.78, 5) is 42.9. The van der Waals surface area contributed by atoms with Gasteiger partial charge in [-0.25, -0.2) is 0 Å². The Morgan fingerprint density at radius 2 is 1.76 bits per heavy atom. The van der Waals surface area contributed by atoms with E-state index in [1.165, 1.54) is 0 Å². The van der Waals surface area contributed by atoms with E-state index in [4.69, 9.17) is 0 Å². The molecule has 0 aliphatic carbocycles. The lowest BCUT2D eigenvalue weighted by molar-refractivity contribution is -0.139. The first-order valence-corrected chi connectivity index (χ1v) is 14.1. The van der Waals surface area contributed by atoms with E-state index in [0.717, 1.165) is 22.8 Å². The number of rotatable bonds is 8. The summed E-state index contributed by atoms with van der Waals surface area (Å²) in [5.41, 5.74) is 1.68. The number of amides is 3. The number of benzene rings is 3. The maximum absolute atomic E-state index is 13.9. The van der Waals surface area contributed by atoms with Crippen molar-refractivity contribution in [2.45, 2.75) is 41.8 Å². The van der Waals surface area contributed by atoms with Gasteiger partial charge in [0.2, 0.25) is 17.7 Å². The summed E-state index contributed by atoms with van der Waals surface area (Å²) in [6.45, 7) is 0.617. The topological polar surface area (TPSA) is 98.7 Å². The third-order valence-electron chi connectivity index (χ3n) is 8.23. The maximum atomic E-state index is 13.9. The molecule has 2 unspecified atom stereocenters. The molecular formula is C30H31N3O4S. The zero-order valence-corrected chi connectivity index (χ0v) is 21.8. The average Bonchev–Trinajstić information content (AvgIpc) is 3.58. The summed E-state index contributed by atoms with van der Waals surface area (Å²) in [5.74, 6) is -1.52. The molecule has 3 aromatic rings. The Morgan fingerprint density at radius 1 is 1.00 bits per heavy atom. The number of carbonyl (C=O) groups is 3. The number of hydrogen-bond donors (Lipinski definition) is 3. The van der Waals surface area contributed by atoms with Crippen molar-refractivity contribution in [2.24, 2.45) is 11.8 Å². The van der Waals surface area contributed by atoms with Crippen LogP contribution in [-0.4, -0.2) is 56.9 Å². The molecule has 38 heavy (non-hydrogen) atoms. The van der Waals surface area contributed by atoms with Crippen LogP contribution >= 0.6 is 11.8 Å². The van der Waals surface area contributed by atoms with Gasteiger partial charge in [0.25, 0.3) is 0 Å². The molecule has 3 N–H and O–H groups in total. The molecule has 8 heteroatoms. The van der Waals surface area contributed by atoms with E-state index in [-0.39, 0.29) is 36.1 Å². The molecule has 5 atom stereocenters. The van der Waals surface area contributed by atoms with Crippen molar-refractivity contribution in [3.05, 3.63) is 78.4 Å². The molecule has 6 rings (SSSR count). The van der Waals surface area contributed by atoms with Crippen LogP contribution in [0.25, 0.3) is 10.8 Å². The van der Waals surface area contributed by atoms with E-state index < -0.39 is 22.6 Å². The summed E-state index contributed by atoms with van der Waals surface area (Å²) in [7, 11) is 0. The zero-order chi connectivity index (χ0) is 26.3. The van der Waals surface area contributed by atoms with Crippen LogP contribution in [0.15, 0.2) is 72.8 Å². The second-order valence-corrected chi connectivity index (χ2v) is 12.0. The molecule has 0 radical (unpaired) electrons. The lowest BCUT2D eigenvalue weighted by Gasteiger charge is -2.34. The molecule has 3 heterocycles. The molecular weight excluding hydrogens is 498 g/mol. The number of nitrogens with one attached hydrogen (secondary N) is 2. The van der Waals surface area contributed by atoms with Gasteiger partial charge in [-0.2, -0.15) is 0 Å². The Kier molecular flexibility index (Phi) is 6.61. The standard InChI is InChI=1S/C30H31N3O4S/c34-16-6-15-33-26(28(36)32-22-12-11-20-9-4-5-10-21(20)17-22)30-14-13-23(38-30)24(25(30)29(33)37)27(35)31-18-19-7-2-1-3-8-19/h1-5,7-12,17,23-26,34H,6,13-16,18H2,(H,31,35)(H,32,36)/t23-,24+,25-,26?,30?/m0/s1. The Labute approximate surface area is 226 Å². The summed E-state index contributed by atoms with van der Waals surface area (Å²) < 4.78 is -0.646. The number of fused-ring (bicyclic) bond motifs is 2. The number of hydrogen-bond acceptors (Lipinski definition) is 5. The minimum atomic E-state index is -0.694. The summed E-state index contributed by atoms with van der Waals surface area (Å²) in [6.07, 6.45) is 1.89. The number of anilines is 1. The summed E-state index contributed by atoms with van der Waals surface area (Å²) >= 11 is 1.65. The molecule has 0 aromatic heterocycles. The molecule has 3 aromatic carbocycles. The highest BCUT2D eigenvalue weighted by molar-refractivity contribution is 8.02. The highest BCUT2D eigenvalue weighted by Gasteiger charge is 2.73. The fraction of sp³-hybridized carbons (Fsp3) is 0.367. The fourth-order valence-corrected chi connectivity index (χ4v) is 8.84. The van der Waals surface area contributed by atoms with E-state index in [9.17, 15) is 19.5 Å². The third kappa shape index (κ3) is 4.16. The molecule has 1 spiro atoms. The monoisotopic (exact) mass is 529 g/mol. The van der Waals surface area contributed by atoms with Gasteiger partial charge in [-0.15, -0.1) is 11.8 Å². The van der Waals surface area contributed by atoms with Crippen molar-refractivity contribution in [3.8, 4) is 0 Å². The molecule has 3 aliphatic rings. The van der Waals surface area contributed by atoms with E-state index in [2.05, 4.69) is 10.6 Å². The van der Waals surface area contributed by atoms with Gasteiger partial charge in [0, 0.05) is 30.6 Å². The first-order chi connectivity index (χ1) is 18.5. The Hall–Kier alpha value is -3.36. The molecule has 3 fully saturated rings. The molecule has 2 bridgehead atoms. The lowest BCUT2D eigenvalue weighted by Crippen LogP contribution is -2.51. The van der Waals surface area contributed by atoms with E-state index in [1.54, 1.807) is 16.7 Å². The summed E-state index contributed by atoms with van der Waals surface area (Å²) in [6, 6.07) is 22.8. The molecule has 196 valence electrons. The van der Waals surface area contributed by atoms with Gasteiger partial charge in [-0.1, -0.05) is 60.7 Å². The number of aliphatic hydroxyl groups is 1. The fourth-order valence-electron chi connectivity index (χ4n) is 6.62. The van der Waals surface area contributed by atoms with Crippen molar-refractivity contribution >= 4 is 45.9 Å². The van der Waals surface area contributed by atoms with Crippen LogP contribution in [0.5, 0.6) is 0 Å². The van der Waals surface area contributed by atoms with E-state index >= 15 is 0 Å². The second kappa shape index (κ2) is 10.1. The molecule has 3 amide bonds. The smallest absolute Gasteiger partial charge is 0.248 e. The summed E-state index contributed by atoms with van der Waals surface area (Å²) in [5, 5.41) is 17.8. The lowest BCUT2D eigenvalue weighted by atomic mass is 9.70. The molecule has 3 aliphatic heterocycles. The van der Waals surface area contributed by atoms with Gasteiger partial charge in [-0.3, -0.25) is 14.4 Å². The Bertz CT molecular complexity index is 1380. The number of thioether (sulfide) groups is 1. The molecule has 3 saturated heterocycles. The van der Waals surface area contributed by atoms with Crippen LogP contribution in [0, 0.1) is 11.8 Å². The van der Waals surface area contributed by atoms with Crippen molar-refractivity contribution in [1.82, 2.24) is 10.2 Å². The highest BCUT2D eigenvalue weighted by atomic mass is 32.2. The van der Waals surface area contributed by atoms with E-state index in [0.29, 0.717) is 25.1 Å². The van der Waals surface area contributed by atoms with Gasteiger partial charge in [0.05, 0.1) is 16.6 Å². The Balaban J connectivity index is 1.27. The maximum Gasteiger partial charge on any atom is 0.248 e. The number of likely N-dealkylation sites (tertiary alicyclic amines) is 1. The third-order valence-corrected chi connectivity index (χ3v) is 10.2. The van der Waals surface area contributed by atoms with Crippen molar-refractivity contribution in [3.63, 3.8) is 0 Å². The van der Waals surface area contributed by atoms with Crippen LogP contribution in [0.2, 0.25) is 0 Å². The quantitative estimate of drug-likeness (QED) is 0.415. The minimum Gasteiger partial charge on any atom is -0.396 e. The predicted octanol–water partition coefficient (Wildman–Crippen LogP) is 3.57. The number of aliphatic hydroxyl groups excluding tert-OH is 1. The van der Waals surface area contributed by atoms with Gasteiger partial charge in [-0.05, 0) is 47.7 Å². The van der Waals surface area contributed by atoms with Crippen molar-refractivity contribution in [2.75, 3.05) is 18.5 Å². The minimum absolute atomic E-state index is 0.00989. The van der Waals surface area contributed by atoms with Crippen LogP contribution in [-0.2, 0) is 20.9 Å². The molecule has 7 nitrogen and oxygen atoms in total. The zero-order valence-electron chi connectivity index (χ0n) is 21.0. The number of nitrogens with zero attached hydrogens (tertiary/aromatic N) is 1. The Morgan fingerprint density at radius 3 is 2.55 bits per heavy atom. The van der Waals surface area contributed by atoms with Crippen LogP contribution in [0.1, 0.15) is 24.8 Å². The van der Waals surface area contributed by atoms with Gasteiger partial charge < -0.3 is 20.6 Å². The van der Waals surface area contributed by atoms with Gasteiger partial charge in [0.1, 0.15) is 6.04 Å².